The number of hydrogen-bond acceptors (Lipinski definition) is 5. The zero-order chi connectivity index (χ0) is 14.7. The van der Waals surface area contributed by atoms with E-state index in [0.29, 0.717) is 18.4 Å². The molecule has 1 aliphatic rings. The summed E-state index contributed by atoms with van der Waals surface area (Å²) >= 11 is 0. The van der Waals surface area contributed by atoms with Crippen LogP contribution in [0.4, 0.5) is 5.69 Å². The van der Waals surface area contributed by atoms with Crippen molar-refractivity contribution in [3.05, 3.63) is 51.3 Å². The Bertz CT molecular complexity index is 600. The van der Waals surface area contributed by atoms with Gasteiger partial charge in [-0.25, -0.2) is 0 Å². The minimum atomic E-state index is -0.523. The van der Waals surface area contributed by atoms with Gasteiger partial charge in [0, 0.05) is 31.4 Å². The Morgan fingerprint density at radius 2 is 1.90 bits per heavy atom. The third kappa shape index (κ3) is 2.90. The van der Waals surface area contributed by atoms with E-state index in [0.717, 1.165) is 0 Å². The average Bonchev–Trinajstić information content (AvgIpc) is 2.39. The van der Waals surface area contributed by atoms with Crippen molar-refractivity contribution in [3.63, 3.8) is 0 Å². The van der Waals surface area contributed by atoms with Crippen LogP contribution in [0, 0.1) is 10.1 Å². The molecule has 0 amide bonds. The maximum Gasteiger partial charge on any atom is 0.269 e. The second kappa shape index (κ2) is 5.64. The molecule has 0 saturated heterocycles. The van der Waals surface area contributed by atoms with Crippen LogP contribution in [0.3, 0.4) is 0 Å². The minimum Gasteiger partial charge on any atom is -0.511 e. The Morgan fingerprint density at radius 1 is 1.25 bits per heavy atom. The zero-order valence-electron chi connectivity index (χ0n) is 10.7. The molecule has 0 bridgehead atoms. The van der Waals surface area contributed by atoms with Crippen LogP contribution in [-0.4, -0.2) is 21.6 Å². The fourth-order valence-corrected chi connectivity index (χ4v) is 2.15. The van der Waals surface area contributed by atoms with Gasteiger partial charge in [0.1, 0.15) is 5.76 Å². The Hall–Kier alpha value is -2.50. The second-order valence-electron chi connectivity index (χ2n) is 4.62. The summed E-state index contributed by atoms with van der Waals surface area (Å²) in [5.41, 5.74) is 0.394. The van der Waals surface area contributed by atoms with Gasteiger partial charge < -0.3 is 5.11 Å². The SMILES string of the molecule is O=C1CCCC(O)=C1C(=O)Cc1ccc([N+](=O)[O-])cc1. The number of carbonyl (C=O) groups is 2. The van der Waals surface area contributed by atoms with E-state index in [4.69, 9.17) is 0 Å². The summed E-state index contributed by atoms with van der Waals surface area (Å²) in [4.78, 5) is 33.7. The maximum absolute atomic E-state index is 12.0. The predicted octanol–water partition coefficient (Wildman–Crippen LogP) is 2.27. The zero-order valence-corrected chi connectivity index (χ0v) is 10.7. The summed E-state index contributed by atoms with van der Waals surface area (Å²) in [5.74, 6) is -0.921. The molecule has 6 heteroatoms. The number of ketones is 2. The van der Waals surface area contributed by atoms with Crippen molar-refractivity contribution in [2.75, 3.05) is 0 Å². The standard InChI is InChI=1S/C14H13NO5/c16-11-2-1-3-12(17)14(11)13(18)8-9-4-6-10(7-5-9)15(19)20/h4-7,16H,1-3,8H2. The van der Waals surface area contributed by atoms with Crippen LogP contribution in [0.5, 0.6) is 0 Å². The maximum atomic E-state index is 12.0. The highest BCUT2D eigenvalue weighted by Gasteiger charge is 2.26. The second-order valence-corrected chi connectivity index (χ2v) is 4.62. The lowest BCUT2D eigenvalue weighted by atomic mass is 9.91. The molecule has 2 rings (SSSR count). The Kier molecular flexibility index (Phi) is 3.93. The van der Waals surface area contributed by atoms with Gasteiger partial charge in [-0.2, -0.15) is 0 Å². The lowest BCUT2D eigenvalue weighted by Crippen LogP contribution is -2.20. The van der Waals surface area contributed by atoms with E-state index in [2.05, 4.69) is 0 Å². The number of nitro benzene ring substituents is 1. The molecule has 104 valence electrons. The highest BCUT2D eigenvalue weighted by Crippen LogP contribution is 2.22. The van der Waals surface area contributed by atoms with E-state index < -0.39 is 10.7 Å². The van der Waals surface area contributed by atoms with Gasteiger partial charge in [-0.3, -0.25) is 19.7 Å². The van der Waals surface area contributed by atoms with Crippen LogP contribution in [0.1, 0.15) is 24.8 Å². The molecule has 1 aromatic carbocycles. The average molecular weight is 275 g/mol. The Morgan fingerprint density at radius 3 is 2.45 bits per heavy atom. The summed E-state index contributed by atoms with van der Waals surface area (Å²) in [6, 6.07) is 5.56. The van der Waals surface area contributed by atoms with Gasteiger partial charge in [-0.05, 0) is 12.0 Å². The van der Waals surface area contributed by atoms with E-state index >= 15 is 0 Å². The highest BCUT2D eigenvalue weighted by molar-refractivity contribution is 6.21. The molecule has 0 spiro atoms. The third-order valence-electron chi connectivity index (χ3n) is 3.18. The van der Waals surface area contributed by atoms with Crippen molar-refractivity contribution < 1.29 is 19.6 Å². The Balaban J connectivity index is 2.15. The molecular weight excluding hydrogens is 262 g/mol. The largest absolute Gasteiger partial charge is 0.511 e. The topological polar surface area (TPSA) is 97.5 Å². The summed E-state index contributed by atoms with van der Waals surface area (Å²) in [6.45, 7) is 0. The number of aliphatic hydroxyl groups excluding tert-OH is 1. The van der Waals surface area contributed by atoms with Crippen LogP contribution in [0.15, 0.2) is 35.6 Å². The van der Waals surface area contributed by atoms with E-state index in [1.165, 1.54) is 24.3 Å². The number of allylic oxidation sites excluding steroid dienone is 2. The van der Waals surface area contributed by atoms with Gasteiger partial charge in [0.05, 0.1) is 10.5 Å². The third-order valence-corrected chi connectivity index (χ3v) is 3.18. The summed E-state index contributed by atoms with van der Waals surface area (Å²) in [7, 11) is 0. The summed E-state index contributed by atoms with van der Waals surface area (Å²) in [5, 5.41) is 20.2. The smallest absolute Gasteiger partial charge is 0.269 e. The van der Waals surface area contributed by atoms with Gasteiger partial charge in [-0.1, -0.05) is 12.1 Å². The molecule has 0 heterocycles. The highest BCUT2D eigenvalue weighted by atomic mass is 16.6. The van der Waals surface area contributed by atoms with E-state index in [-0.39, 0.29) is 35.6 Å². The lowest BCUT2D eigenvalue weighted by molar-refractivity contribution is -0.384. The molecule has 0 aliphatic heterocycles. The molecular formula is C14H13NO5. The number of carbonyl (C=O) groups excluding carboxylic acids is 2. The van der Waals surface area contributed by atoms with Gasteiger partial charge in [0.25, 0.3) is 5.69 Å². The first kappa shape index (κ1) is 13.9. The van der Waals surface area contributed by atoms with Crippen molar-refractivity contribution >= 4 is 17.3 Å². The number of nitrogens with zero attached hydrogens (tertiary/aromatic N) is 1. The van der Waals surface area contributed by atoms with Crippen LogP contribution >= 0.6 is 0 Å². The van der Waals surface area contributed by atoms with Crippen molar-refractivity contribution in [3.8, 4) is 0 Å². The van der Waals surface area contributed by atoms with Crippen LogP contribution in [-0.2, 0) is 16.0 Å². The molecule has 0 atom stereocenters. The fourth-order valence-electron chi connectivity index (χ4n) is 2.15. The number of rotatable bonds is 4. The van der Waals surface area contributed by atoms with Crippen molar-refractivity contribution in [1.29, 1.82) is 0 Å². The minimum absolute atomic E-state index is 0.0525. The molecule has 1 N–H and O–H groups in total. The van der Waals surface area contributed by atoms with Gasteiger partial charge in [0.2, 0.25) is 0 Å². The van der Waals surface area contributed by atoms with E-state index in [9.17, 15) is 24.8 Å². The summed E-state index contributed by atoms with van der Waals surface area (Å²) in [6.07, 6.45) is 1.11. The number of nitro groups is 1. The van der Waals surface area contributed by atoms with E-state index in [1.807, 2.05) is 0 Å². The molecule has 0 fully saturated rings. The number of benzene rings is 1. The van der Waals surface area contributed by atoms with Crippen molar-refractivity contribution in [1.82, 2.24) is 0 Å². The van der Waals surface area contributed by atoms with Gasteiger partial charge in [0.15, 0.2) is 11.6 Å². The molecule has 0 unspecified atom stereocenters. The number of non-ortho nitro benzene ring substituents is 1. The van der Waals surface area contributed by atoms with Crippen LogP contribution in [0.25, 0.3) is 0 Å². The predicted molar refractivity (Wildman–Crippen MR) is 70.3 cm³/mol. The first-order chi connectivity index (χ1) is 9.49. The normalized spacial score (nSPS) is 15.3. The molecule has 0 saturated carbocycles. The molecule has 6 nitrogen and oxygen atoms in total. The van der Waals surface area contributed by atoms with E-state index in [1.54, 1.807) is 0 Å². The molecule has 20 heavy (non-hydrogen) atoms. The van der Waals surface area contributed by atoms with Crippen molar-refractivity contribution in [2.45, 2.75) is 25.7 Å². The monoisotopic (exact) mass is 275 g/mol. The number of hydrogen-bond donors (Lipinski definition) is 1. The Labute approximate surface area is 114 Å². The van der Waals surface area contributed by atoms with Crippen LogP contribution < -0.4 is 0 Å². The molecule has 0 radical (unpaired) electrons. The summed E-state index contributed by atoms with van der Waals surface area (Å²) < 4.78 is 0. The number of aliphatic hydroxyl groups is 1. The molecule has 0 aromatic heterocycles. The first-order valence-electron chi connectivity index (χ1n) is 6.21. The fraction of sp³-hybridized carbons (Fsp3) is 0.286. The molecule has 1 aromatic rings. The quantitative estimate of drug-likeness (QED) is 0.516. The van der Waals surface area contributed by atoms with Crippen LogP contribution in [0.2, 0.25) is 0 Å². The lowest BCUT2D eigenvalue weighted by Gasteiger charge is -2.13. The number of Topliss-reactive ketones (excluding diaryl/α,β-unsaturated/α-hetero) is 2. The van der Waals surface area contributed by atoms with Gasteiger partial charge >= 0.3 is 0 Å². The first-order valence-corrected chi connectivity index (χ1v) is 6.21. The van der Waals surface area contributed by atoms with Gasteiger partial charge in [-0.15, -0.1) is 0 Å². The van der Waals surface area contributed by atoms with Crippen molar-refractivity contribution in [2.24, 2.45) is 0 Å². The molecule has 1 aliphatic carbocycles.